The summed E-state index contributed by atoms with van der Waals surface area (Å²) >= 11 is 0. The van der Waals surface area contributed by atoms with Crippen LogP contribution in [-0.4, -0.2) is 10.9 Å². The van der Waals surface area contributed by atoms with Crippen molar-refractivity contribution in [2.75, 3.05) is 0 Å². The topological polar surface area (TPSA) is 22.0 Å². The number of aldehydes is 1. The normalized spacial score (nSPS) is 15.0. The standard InChI is InChI=1S/C9H11NO/c1-10-5-7-3-2-4-8(7)9(10)6-11/h5-6H,2-4H2,1H3. The fraction of sp³-hybridized carbons (Fsp3) is 0.444. The maximum absolute atomic E-state index is 10.6. The minimum atomic E-state index is 0.873. The van der Waals surface area contributed by atoms with E-state index in [1.165, 1.54) is 17.5 Å². The second-order valence-electron chi connectivity index (χ2n) is 3.10. The Kier molecular flexibility index (Phi) is 1.34. The number of aryl methyl sites for hydroxylation is 2. The molecule has 2 heteroatoms. The highest BCUT2D eigenvalue weighted by Crippen LogP contribution is 2.25. The van der Waals surface area contributed by atoms with E-state index in [1.54, 1.807) is 0 Å². The number of hydrogen-bond donors (Lipinski definition) is 0. The largest absolute Gasteiger partial charge is 0.348 e. The van der Waals surface area contributed by atoms with E-state index in [9.17, 15) is 4.79 Å². The summed E-state index contributed by atoms with van der Waals surface area (Å²) in [5, 5.41) is 0. The van der Waals surface area contributed by atoms with Gasteiger partial charge in [0, 0.05) is 13.2 Å². The monoisotopic (exact) mass is 149 g/mol. The molecular weight excluding hydrogens is 138 g/mol. The first-order chi connectivity index (χ1) is 5.33. The van der Waals surface area contributed by atoms with Gasteiger partial charge < -0.3 is 4.57 Å². The molecule has 0 fully saturated rings. The van der Waals surface area contributed by atoms with E-state index < -0.39 is 0 Å². The van der Waals surface area contributed by atoms with E-state index in [4.69, 9.17) is 0 Å². The zero-order chi connectivity index (χ0) is 7.84. The van der Waals surface area contributed by atoms with Crippen LogP contribution in [0.5, 0.6) is 0 Å². The molecule has 0 amide bonds. The summed E-state index contributed by atoms with van der Waals surface area (Å²) < 4.78 is 1.93. The summed E-state index contributed by atoms with van der Waals surface area (Å²) in [6.45, 7) is 0. The van der Waals surface area contributed by atoms with E-state index >= 15 is 0 Å². The van der Waals surface area contributed by atoms with Crippen LogP contribution in [0.2, 0.25) is 0 Å². The van der Waals surface area contributed by atoms with Gasteiger partial charge in [0.2, 0.25) is 0 Å². The van der Waals surface area contributed by atoms with Gasteiger partial charge in [0.1, 0.15) is 0 Å². The average Bonchev–Trinajstić information content (AvgIpc) is 2.46. The fourth-order valence-corrected chi connectivity index (χ4v) is 1.87. The van der Waals surface area contributed by atoms with Crippen molar-refractivity contribution in [2.45, 2.75) is 19.3 Å². The number of fused-ring (bicyclic) bond motifs is 1. The van der Waals surface area contributed by atoms with Gasteiger partial charge in [0.25, 0.3) is 0 Å². The Morgan fingerprint density at radius 3 is 3.09 bits per heavy atom. The van der Waals surface area contributed by atoms with E-state index in [1.807, 2.05) is 11.6 Å². The third-order valence-corrected chi connectivity index (χ3v) is 2.41. The molecule has 2 nitrogen and oxygen atoms in total. The van der Waals surface area contributed by atoms with Gasteiger partial charge in [0.15, 0.2) is 6.29 Å². The van der Waals surface area contributed by atoms with Gasteiger partial charge in [-0.15, -0.1) is 0 Å². The van der Waals surface area contributed by atoms with Crippen LogP contribution in [0.3, 0.4) is 0 Å². The molecule has 0 spiro atoms. The molecule has 0 aliphatic heterocycles. The lowest BCUT2D eigenvalue weighted by Gasteiger charge is -1.95. The number of nitrogens with zero attached hydrogens (tertiary/aromatic N) is 1. The van der Waals surface area contributed by atoms with Crippen LogP contribution in [0.1, 0.15) is 28.0 Å². The molecule has 0 unspecified atom stereocenters. The minimum absolute atomic E-state index is 0.873. The first kappa shape index (κ1) is 6.65. The van der Waals surface area contributed by atoms with Crippen molar-refractivity contribution < 1.29 is 4.79 Å². The molecule has 2 rings (SSSR count). The van der Waals surface area contributed by atoms with Gasteiger partial charge in [-0.2, -0.15) is 0 Å². The molecule has 0 saturated carbocycles. The number of hydrogen-bond acceptors (Lipinski definition) is 1. The van der Waals surface area contributed by atoms with Crippen molar-refractivity contribution in [3.63, 3.8) is 0 Å². The number of carbonyl (C=O) groups is 1. The van der Waals surface area contributed by atoms with Gasteiger partial charge in [-0.1, -0.05) is 0 Å². The first-order valence-corrected chi connectivity index (χ1v) is 3.95. The molecule has 1 aliphatic rings. The molecule has 0 saturated heterocycles. The van der Waals surface area contributed by atoms with Gasteiger partial charge in [-0.05, 0) is 30.4 Å². The van der Waals surface area contributed by atoms with E-state index in [-0.39, 0.29) is 0 Å². The zero-order valence-electron chi connectivity index (χ0n) is 6.63. The van der Waals surface area contributed by atoms with Gasteiger partial charge >= 0.3 is 0 Å². The fourth-order valence-electron chi connectivity index (χ4n) is 1.87. The Balaban J connectivity index is 2.60. The summed E-state index contributed by atoms with van der Waals surface area (Å²) in [6, 6.07) is 0. The Hall–Kier alpha value is -1.05. The Morgan fingerprint density at radius 2 is 2.36 bits per heavy atom. The highest BCUT2D eigenvalue weighted by atomic mass is 16.1. The third kappa shape index (κ3) is 0.821. The number of carbonyl (C=O) groups excluding carboxylic acids is 1. The molecule has 0 atom stereocenters. The van der Waals surface area contributed by atoms with Crippen molar-refractivity contribution in [1.82, 2.24) is 4.57 Å². The maximum Gasteiger partial charge on any atom is 0.166 e. The summed E-state index contributed by atoms with van der Waals surface area (Å²) in [4.78, 5) is 10.6. The lowest BCUT2D eigenvalue weighted by molar-refractivity contribution is 0.111. The van der Waals surface area contributed by atoms with Crippen molar-refractivity contribution in [3.8, 4) is 0 Å². The second-order valence-corrected chi connectivity index (χ2v) is 3.10. The molecule has 0 aromatic carbocycles. The molecule has 0 bridgehead atoms. The van der Waals surface area contributed by atoms with Crippen molar-refractivity contribution in [1.29, 1.82) is 0 Å². The van der Waals surface area contributed by atoms with Crippen molar-refractivity contribution in [2.24, 2.45) is 7.05 Å². The molecular formula is C9H11NO. The smallest absolute Gasteiger partial charge is 0.166 e. The Labute approximate surface area is 65.8 Å². The first-order valence-electron chi connectivity index (χ1n) is 3.95. The molecule has 0 radical (unpaired) electrons. The summed E-state index contributed by atoms with van der Waals surface area (Å²) in [6.07, 6.45) is 6.49. The van der Waals surface area contributed by atoms with Gasteiger partial charge in [-0.3, -0.25) is 4.79 Å². The SMILES string of the molecule is Cn1cc2c(c1C=O)CCC2. The van der Waals surface area contributed by atoms with Crippen LogP contribution < -0.4 is 0 Å². The molecule has 58 valence electrons. The van der Waals surface area contributed by atoms with Crippen LogP contribution in [0.15, 0.2) is 6.20 Å². The van der Waals surface area contributed by atoms with Crippen molar-refractivity contribution in [3.05, 3.63) is 23.0 Å². The van der Waals surface area contributed by atoms with Crippen LogP contribution >= 0.6 is 0 Å². The summed E-state index contributed by atoms with van der Waals surface area (Å²) in [5.41, 5.74) is 3.52. The highest BCUT2D eigenvalue weighted by Gasteiger charge is 2.17. The zero-order valence-corrected chi connectivity index (χ0v) is 6.63. The number of aromatic nitrogens is 1. The Morgan fingerprint density at radius 1 is 1.55 bits per heavy atom. The molecule has 1 heterocycles. The summed E-state index contributed by atoms with van der Waals surface area (Å²) in [5.74, 6) is 0. The summed E-state index contributed by atoms with van der Waals surface area (Å²) in [7, 11) is 1.93. The van der Waals surface area contributed by atoms with E-state index in [0.29, 0.717) is 0 Å². The molecule has 1 aromatic rings. The average molecular weight is 149 g/mol. The second kappa shape index (κ2) is 2.22. The van der Waals surface area contributed by atoms with Crippen LogP contribution in [0.25, 0.3) is 0 Å². The van der Waals surface area contributed by atoms with Crippen LogP contribution in [0.4, 0.5) is 0 Å². The predicted molar refractivity (Wildman–Crippen MR) is 42.8 cm³/mol. The number of rotatable bonds is 1. The predicted octanol–water partition coefficient (Wildman–Crippen LogP) is 1.33. The van der Waals surface area contributed by atoms with Gasteiger partial charge in [-0.25, -0.2) is 0 Å². The van der Waals surface area contributed by atoms with Crippen LogP contribution in [-0.2, 0) is 19.9 Å². The van der Waals surface area contributed by atoms with Crippen molar-refractivity contribution >= 4 is 6.29 Å². The highest BCUT2D eigenvalue weighted by molar-refractivity contribution is 5.76. The quantitative estimate of drug-likeness (QED) is 0.552. The maximum atomic E-state index is 10.6. The molecule has 11 heavy (non-hydrogen) atoms. The molecule has 1 aromatic heterocycles. The Bertz CT molecular complexity index is 299. The minimum Gasteiger partial charge on any atom is -0.348 e. The van der Waals surface area contributed by atoms with Crippen LogP contribution in [0, 0.1) is 0 Å². The van der Waals surface area contributed by atoms with Gasteiger partial charge in [0.05, 0.1) is 5.69 Å². The lowest BCUT2D eigenvalue weighted by atomic mass is 10.2. The molecule has 0 N–H and O–H groups in total. The lowest BCUT2D eigenvalue weighted by Crippen LogP contribution is -1.95. The molecule has 1 aliphatic carbocycles. The van der Waals surface area contributed by atoms with E-state index in [0.717, 1.165) is 24.8 Å². The third-order valence-electron chi connectivity index (χ3n) is 2.41. The van der Waals surface area contributed by atoms with E-state index in [2.05, 4.69) is 6.20 Å².